The molecule has 0 radical (unpaired) electrons. The Bertz CT molecular complexity index is 2510. The maximum absolute atomic E-state index is 14.5. The molecular formula is C35H32ClF2N7O7S. The molecule has 0 spiro atoms. The van der Waals surface area contributed by atoms with Gasteiger partial charge >= 0.3 is 6.09 Å². The van der Waals surface area contributed by atoms with E-state index in [1.807, 2.05) is 0 Å². The van der Waals surface area contributed by atoms with Crippen LogP contribution in [0.4, 0.5) is 19.4 Å². The Morgan fingerprint density at radius 3 is 2.40 bits per heavy atom. The van der Waals surface area contributed by atoms with Crippen LogP contribution < -0.4 is 25.1 Å². The summed E-state index contributed by atoms with van der Waals surface area (Å²) in [7, 11) is -0.959. The van der Waals surface area contributed by atoms with E-state index in [4.69, 9.17) is 21.1 Å². The van der Waals surface area contributed by atoms with Gasteiger partial charge in [-0.2, -0.15) is 10.1 Å². The highest BCUT2D eigenvalue weighted by Crippen LogP contribution is 2.36. The summed E-state index contributed by atoms with van der Waals surface area (Å²) in [6.07, 6.45) is -1.68. The average Bonchev–Trinajstić information content (AvgIpc) is 3.42. The Labute approximate surface area is 306 Å². The van der Waals surface area contributed by atoms with E-state index in [0.717, 1.165) is 22.3 Å². The van der Waals surface area contributed by atoms with Gasteiger partial charge in [-0.3, -0.25) is 18.8 Å². The molecule has 0 fully saturated rings. The minimum atomic E-state index is -4.00. The molecule has 0 unspecified atom stereocenters. The number of halogens is 3. The predicted molar refractivity (Wildman–Crippen MR) is 194 cm³/mol. The number of rotatable bonds is 13. The van der Waals surface area contributed by atoms with Crippen LogP contribution in [0.25, 0.3) is 27.6 Å². The number of hydrogen-bond acceptors (Lipinski definition) is 9. The number of carbonyl (C=O) groups is 1. The number of sulfonamides is 1. The number of pyridine rings is 1. The fourth-order valence-corrected chi connectivity index (χ4v) is 7.22. The number of ether oxygens (including phenoxy) is 2. The molecule has 14 nitrogen and oxygen atoms in total. The van der Waals surface area contributed by atoms with Crippen LogP contribution in [0, 0.1) is 11.6 Å². The molecule has 6 rings (SSSR count). The van der Waals surface area contributed by atoms with Crippen molar-refractivity contribution in [3.05, 3.63) is 111 Å². The number of aromatic nitrogens is 5. The van der Waals surface area contributed by atoms with Gasteiger partial charge in [0.15, 0.2) is 11.5 Å². The lowest BCUT2D eigenvalue weighted by Gasteiger charge is -2.22. The van der Waals surface area contributed by atoms with Crippen LogP contribution in [0.15, 0.2) is 71.5 Å². The zero-order valence-corrected chi connectivity index (χ0v) is 30.0. The molecule has 3 N–H and O–H groups in total. The fourth-order valence-electron chi connectivity index (χ4n) is 5.93. The summed E-state index contributed by atoms with van der Waals surface area (Å²) in [5.74, 6) is -1.64. The molecule has 0 saturated carbocycles. The lowest BCUT2D eigenvalue weighted by molar-refractivity contribution is 0.189. The monoisotopic (exact) mass is 767 g/mol. The van der Waals surface area contributed by atoms with Crippen LogP contribution in [-0.2, 0) is 29.9 Å². The van der Waals surface area contributed by atoms with Crippen molar-refractivity contribution in [2.45, 2.75) is 25.8 Å². The normalized spacial score (nSPS) is 12.2. The molecule has 0 aliphatic heterocycles. The molecule has 1 atom stereocenters. The molecule has 3 heterocycles. The number of aryl methyl sites for hydroxylation is 2. The smallest absolute Gasteiger partial charge is 0.405 e. The molecule has 6 aromatic rings. The summed E-state index contributed by atoms with van der Waals surface area (Å²) < 4.78 is 70.8. The number of carboxylic acid groups (broad SMARTS) is 1. The Morgan fingerprint density at radius 1 is 1.02 bits per heavy atom. The van der Waals surface area contributed by atoms with Gasteiger partial charge in [0.05, 0.1) is 52.5 Å². The molecular weight excluding hydrogens is 736 g/mol. The lowest BCUT2D eigenvalue weighted by Crippen LogP contribution is -2.35. The van der Waals surface area contributed by atoms with Gasteiger partial charge in [0, 0.05) is 25.6 Å². The quantitative estimate of drug-likeness (QED) is 0.135. The second kappa shape index (κ2) is 15.0. The Morgan fingerprint density at radius 2 is 1.74 bits per heavy atom. The number of amides is 1. The molecule has 0 aliphatic carbocycles. The predicted octanol–water partition coefficient (Wildman–Crippen LogP) is 5.54. The molecule has 0 aliphatic rings. The van der Waals surface area contributed by atoms with Crippen molar-refractivity contribution >= 4 is 55.5 Å². The number of nitrogens with one attached hydrogen (secondary N) is 2. The number of nitrogens with zero attached hydrogens (tertiary/aromatic N) is 5. The van der Waals surface area contributed by atoms with Crippen LogP contribution in [0.3, 0.4) is 0 Å². The van der Waals surface area contributed by atoms with Gasteiger partial charge in [-0.1, -0.05) is 23.7 Å². The highest BCUT2D eigenvalue weighted by Gasteiger charge is 2.28. The average molecular weight is 768 g/mol. The van der Waals surface area contributed by atoms with Crippen LogP contribution in [0.1, 0.15) is 29.9 Å². The third-order valence-electron chi connectivity index (χ3n) is 8.22. The summed E-state index contributed by atoms with van der Waals surface area (Å²) >= 11 is 6.67. The number of hydrogen-bond donors (Lipinski definition) is 3. The van der Waals surface area contributed by atoms with Crippen molar-refractivity contribution in [2.75, 3.05) is 24.2 Å². The van der Waals surface area contributed by atoms with E-state index < -0.39 is 39.4 Å². The summed E-state index contributed by atoms with van der Waals surface area (Å²) in [5, 5.41) is 16.8. The first kappa shape index (κ1) is 37.0. The summed E-state index contributed by atoms with van der Waals surface area (Å²) in [4.78, 5) is 35.6. The first-order valence-electron chi connectivity index (χ1n) is 16.1. The molecule has 276 valence electrons. The largest absolute Gasteiger partial charge is 0.497 e. The SMILES string of the molecule is CCOc1ccc2c(=O)n(-c3ccc(Cl)c4c(NS(=O)(=O)CCc5ccc(OC)cc5)nn(C)c34)c([C@H](Cc3cc(F)cc(F)c3)NC(=O)O)nc2n1. The first-order chi connectivity index (χ1) is 25.3. The molecule has 0 bridgehead atoms. The topological polar surface area (TPSA) is 180 Å². The van der Waals surface area contributed by atoms with E-state index in [9.17, 15) is 31.9 Å². The third kappa shape index (κ3) is 8.00. The van der Waals surface area contributed by atoms with Gasteiger partial charge in [-0.25, -0.2) is 27.0 Å². The van der Waals surface area contributed by atoms with Crippen LogP contribution in [-0.4, -0.2) is 63.4 Å². The number of anilines is 1. The van der Waals surface area contributed by atoms with Crippen LogP contribution in [0.2, 0.25) is 5.02 Å². The zero-order valence-electron chi connectivity index (χ0n) is 28.4. The first-order valence-corrected chi connectivity index (χ1v) is 18.1. The molecule has 53 heavy (non-hydrogen) atoms. The second-order valence-corrected chi connectivity index (χ2v) is 14.1. The van der Waals surface area contributed by atoms with Gasteiger partial charge in [0.25, 0.3) is 5.56 Å². The Hall–Kier alpha value is -5.81. The van der Waals surface area contributed by atoms with E-state index in [-0.39, 0.29) is 80.9 Å². The second-order valence-electron chi connectivity index (χ2n) is 11.8. The summed E-state index contributed by atoms with van der Waals surface area (Å²) in [6.45, 7) is 2.00. The highest BCUT2D eigenvalue weighted by molar-refractivity contribution is 7.92. The highest BCUT2D eigenvalue weighted by atomic mass is 35.5. The van der Waals surface area contributed by atoms with E-state index >= 15 is 0 Å². The Balaban J connectivity index is 1.51. The standard InChI is InChI=1S/C35H32ClF2N7O7S/c1-4-52-28-12-9-24-31(40-28)41-33(26(39-35(47)48)17-20-15-21(37)18-22(38)16-20)45(34(24)46)27-11-10-25(36)29-30(27)44(2)42-32(29)43-53(49,50)14-13-19-5-7-23(51-3)8-6-19/h5-12,15-16,18,26,39H,4,13-14,17H2,1-3H3,(H,42,43)(H,47,48)/t26-/m0/s1. The van der Waals surface area contributed by atoms with Crippen molar-refractivity contribution in [1.29, 1.82) is 0 Å². The minimum Gasteiger partial charge on any atom is -0.497 e. The van der Waals surface area contributed by atoms with E-state index in [1.165, 1.54) is 43.1 Å². The number of benzene rings is 3. The van der Waals surface area contributed by atoms with E-state index in [1.54, 1.807) is 31.2 Å². The molecule has 1 amide bonds. The fraction of sp³-hybridized carbons (Fsp3) is 0.229. The van der Waals surface area contributed by atoms with Crippen LogP contribution in [0.5, 0.6) is 11.6 Å². The van der Waals surface area contributed by atoms with Crippen LogP contribution >= 0.6 is 11.6 Å². The van der Waals surface area contributed by atoms with Gasteiger partial charge in [0.2, 0.25) is 15.9 Å². The van der Waals surface area contributed by atoms with Gasteiger partial charge in [-0.05, 0) is 66.9 Å². The maximum atomic E-state index is 14.5. The van der Waals surface area contributed by atoms with Gasteiger partial charge in [-0.15, -0.1) is 0 Å². The third-order valence-corrected chi connectivity index (χ3v) is 9.79. The van der Waals surface area contributed by atoms with Crippen molar-refractivity contribution in [1.82, 2.24) is 29.6 Å². The maximum Gasteiger partial charge on any atom is 0.405 e. The zero-order chi connectivity index (χ0) is 38.0. The molecule has 3 aromatic heterocycles. The van der Waals surface area contributed by atoms with E-state index in [0.29, 0.717) is 11.8 Å². The Kier molecular flexibility index (Phi) is 10.5. The molecule has 18 heteroatoms. The number of methoxy groups -OCH3 is 1. The number of fused-ring (bicyclic) bond motifs is 2. The van der Waals surface area contributed by atoms with Crippen molar-refractivity contribution in [3.8, 4) is 17.3 Å². The van der Waals surface area contributed by atoms with Gasteiger partial charge in [0.1, 0.15) is 23.2 Å². The molecule has 3 aromatic carbocycles. The molecule has 0 saturated heterocycles. The lowest BCUT2D eigenvalue weighted by atomic mass is 10.0. The van der Waals surface area contributed by atoms with Crippen molar-refractivity contribution < 1.29 is 36.6 Å². The van der Waals surface area contributed by atoms with Crippen molar-refractivity contribution in [2.24, 2.45) is 7.05 Å². The summed E-state index contributed by atoms with van der Waals surface area (Å²) in [5.41, 5.74) is 0.302. The van der Waals surface area contributed by atoms with Crippen molar-refractivity contribution in [3.63, 3.8) is 0 Å². The minimum absolute atomic E-state index is 0.0211. The summed E-state index contributed by atoms with van der Waals surface area (Å²) in [6, 6.07) is 14.1. The van der Waals surface area contributed by atoms with E-state index in [2.05, 4.69) is 25.1 Å². The van der Waals surface area contributed by atoms with Gasteiger partial charge < -0.3 is 19.9 Å².